The lowest BCUT2D eigenvalue weighted by molar-refractivity contribution is 0.152. The van der Waals surface area contributed by atoms with Crippen LogP contribution in [-0.2, 0) is 4.74 Å². The first-order valence-corrected chi connectivity index (χ1v) is 6.92. The first-order valence-electron chi connectivity index (χ1n) is 6.17. The number of rotatable bonds is 5. The highest BCUT2D eigenvalue weighted by Gasteiger charge is 2.23. The number of hydrogen-bond donors (Lipinski definition) is 3. The Kier molecular flexibility index (Phi) is 5.44. The Morgan fingerprint density at radius 3 is 3.05 bits per heavy atom. The highest BCUT2D eigenvalue weighted by molar-refractivity contribution is 6.42. The third-order valence-electron chi connectivity index (χ3n) is 2.72. The largest absolute Gasteiger partial charge is 0.444 e. The summed E-state index contributed by atoms with van der Waals surface area (Å²) in [6.45, 7) is 4.13. The van der Waals surface area contributed by atoms with Crippen LogP contribution in [-0.4, -0.2) is 31.0 Å². The Hall–Kier alpha value is -1.76. The van der Waals surface area contributed by atoms with Crippen molar-refractivity contribution >= 4 is 35.0 Å². The van der Waals surface area contributed by atoms with Crippen molar-refractivity contribution in [1.29, 1.82) is 0 Å². The van der Waals surface area contributed by atoms with Crippen molar-refractivity contribution in [1.82, 2.24) is 16.3 Å². The van der Waals surface area contributed by atoms with Crippen LogP contribution in [0.5, 0.6) is 0 Å². The van der Waals surface area contributed by atoms with E-state index in [-0.39, 0.29) is 12.6 Å². The van der Waals surface area contributed by atoms with Crippen molar-refractivity contribution in [2.75, 3.05) is 13.2 Å². The van der Waals surface area contributed by atoms with Crippen LogP contribution in [0, 0.1) is 0 Å². The Labute approximate surface area is 132 Å². The third kappa shape index (κ3) is 4.10. The molecular weight excluding hydrogens is 315 g/mol. The molecule has 112 valence electrons. The summed E-state index contributed by atoms with van der Waals surface area (Å²) in [7, 11) is 0. The molecule has 0 saturated carbocycles. The highest BCUT2D eigenvalue weighted by Crippen LogP contribution is 2.23. The fourth-order valence-corrected chi connectivity index (χ4v) is 2.05. The number of hydrazine groups is 1. The fraction of sp³-hybridized carbons (Fsp3) is 0.231. The molecule has 8 heteroatoms. The van der Waals surface area contributed by atoms with E-state index in [9.17, 15) is 4.79 Å². The van der Waals surface area contributed by atoms with Crippen LogP contribution in [0.1, 0.15) is 5.56 Å². The maximum Gasteiger partial charge on any atom is 0.421 e. The Bertz CT molecular complexity index is 577. The van der Waals surface area contributed by atoms with Crippen LogP contribution in [0.4, 0.5) is 4.79 Å². The Balaban J connectivity index is 1.98. The lowest BCUT2D eigenvalue weighted by Gasteiger charge is -2.15. The maximum absolute atomic E-state index is 11.4. The summed E-state index contributed by atoms with van der Waals surface area (Å²) in [4.78, 5) is 11.4. The minimum atomic E-state index is -0.588. The van der Waals surface area contributed by atoms with Crippen LogP contribution in [0.2, 0.25) is 10.0 Å². The van der Waals surface area contributed by atoms with Gasteiger partial charge in [-0.05, 0) is 12.1 Å². The molecule has 1 aromatic rings. The number of nitrogens with one attached hydrogen (secondary N) is 3. The molecule has 3 N–H and O–H groups in total. The van der Waals surface area contributed by atoms with E-state index in [4.69, 9.17) is 27.9 Å². The standard InChI is InChI=1S/C13H14Cl2N4O2/c1-2-5-21-13(20)19-17-11-7-16-18-12(11)8-3-4-9(14)10(15)6-8/h2-4,6,11,16-17H,1,5,7H2,(H,19,20). The molecule has 2 rings (SSSR count). The van der Waals surface area contributed by atoms with Crippen LogP contribution in [0.25, 0.3) is 0 Å². The van der Waals surface area contributed by atoms with Gasteiger partial charge in [0.2, 0.25) is 0 Å². The van der Waals surface area contributed by atoms with Gasteiger partial charge in [-0.3, -0.25) is 5.43 Å². The molecule has 0 aliphatic carbocycles. The Morgan fingerprint density at radius 1 is 1.52 bits per heavy atom. The fourth-order valence-electron chi connectivity index (χ4n) is 1.75. The molecule has 0 aromatic heterocycles. The molecule has 1 aromatic carbocycles. The van der Waals surface area contributed by atoms with Crippen LogP contribution >= 0.6 is 23.2 Å². The van der Waals surface area contributed by atoms with Crippen molar-refractivity contribution in [3.8, 4) is 0 Å². The van der Waals surface area contributed by atoms with Gasteiger partial charge in [0.15, 0.2) is 0 Å². The van der Waals surface area contributed by atoms with Gasteiger partial charge in [-0.2, -0.15) is 5.10 Å². The van der Waals surface area contributed by atoms with Gasteiger partial charge in [0, 0.05) is 5.56 Å². The second-order valence-corrected chi connectivity index (χ2v) is 5.01. The van der Waals surface area contributed by atoms with Crippen molar-refractivity contribution in [3.05, 3.63) is 46.5 Å². The SMILES string of the molecule is C=CCOC(=O)NNC1CNN=C1c1ccc(Cl)c(Cl)c1. The molecule has 6 nitrogen and oxygen atoms in total. The lowest BCUT2D eigenvalue weighted by Crippen LogP contribution is -2.49. The molecule has 0 radical (unpaired) electrons. The van der Waals surface area contributed by atoms with Gasteiger partial charge >= 0.3 is 6.09 Å². The molecule has 0 bridgehead atoms. The molecule has 21 heavy (non-hydrogen) atoms. The summed E-state index contributed by atoms with van der Waals surface area (Å²) in [5, 5.41) is 5.11. The number of amides is 1. The zero-order chi connectivity index (χ0) is 15.2. The number of carbonyl (C=O) groups is 1. The van der Waals surface area contributed by atoms with E-state index < -0.39 is 6.09 Å². The van der Waals surface area contributed by atoms with E-state index >= 15 is 0 Å². The lowest BCUT2D eigenvalue weighted by atomic mass is 10.0. The summed E-state index contributed by atoms with van der Waals surface area (Å²) in [6, 6.07) is 5.02. The van der Waals surface area contributed by atoms with Crippen molar-refractivity contribution in [3.63, 3.8) is 0 Å². The number of ether oxygens (including phenoxy) is 1. The quantitative estimate of drug-likeness (QED) is 0.571. The number of hydrogen-bond acceptors (Lipinski definition) is 5. The van der Waals surface area contributed by atoms with Gasteiger partial charge in [-0.1, -0.05) is 41.9 Å². The van der Waals surface area contributed by atoms with Gasteiger partial charge in [0.05, 0.1) is 28.3 Å². The zero-order valence-electron chi connectivity index (χ0n) is 11.0. The van der Waals surface area contributed by atoms with Gasteiger partial charge in [-0.25, -0.2) is 10.2 Å². The summed E-state index contributed by atoms with van der Waals surface area (Å²) in [5.74, 6) is 0. The van der Waals surface area contributed by atoms with E-state index in [1.54, 1.807) is 12.1 Å². The molecule has 1 amide bonds. The van der Waals surface area contributed by atoms with E-state index in [0.29, 0.717) is 16.6 Å². The van der Waals surface area contributed by atoms with Gasteiger partial charge in [-0.15, -0.1) is 0 Å². The van der Waals surface area contributed by atoms with Crippen LogP contribution in [0.15, 0.2) is 36.0 Å². The average Bonchev–Trinajstić information content (AvgIpc) is 2.94. The molecule has 1 unspecified atom stereocenters. The molecule has 0 spiro atoms. The summed E-state index contributed by atoms with van der Waals surface area (Å²) < 4.78 is 4.80. The van der Waals surface area contributed by atoms with Crippen LogP contribution < -0.4 is 16.3 Å². The van der Waals surface area contributed by atoms with E-state index in [1.807, 2.05) is 6.07 Å². The number of carbonyl (C=O) groups excluding carboxylic acids is 1. The van der Waals surface area contributed by atoms with Crippen LogP contribution in [0.3, 0.4) is 0 Å². The van der Waals surface area contributed by atoms with Crippen molar-refractivity contribution in [2.45, 2.75) is 6.04 Å². The van der Waals surface area contributed by atoms with E-state index in [1.165, 1.54) is 6.08 Å². The summed E-state index contributed by atoms with van der Waals surface area (Å²) >= 11 is 11.9. The minimum Gasteiger partial charge on any atom is -0.444 e. The molecule has 1 aliphatic rings. The van der Waals surface area contributed by atoms with E-state index in [0.717, 1.165) is 11.3 Å². The zero-order valence-corrected chi connectivity index (χ0v) is 12.5. The summed E-state index contributed by atoms with van der Waals surface area (Å²) in [6.07, 6.45) is 0.898. The topological polar surface area (TPSA) is 74.8 Å². The smallest absolute Gasteiger partial charge is 0.421 e. The maximum atomic E-state index is 11.4. The van der Waals surface area contributed by atoms with Gasteiger partial charge in [0.25, 0.3) is 0 Å². The molecule has 1 heterocycles. The van der Waals surface area contributed by atoms with E-state index in [2.05, 4.69) is 28.0 Å². The monoisotopic (exact) mass is 328 g/mol. The molecule has 1 aliphatic heterocycles. The third-order valence-corrected chi connectivity index (χ3v) is 3.46. The number of nitrogens with zero attached hydrogens (tertiary/aromatic N) is 1. The predicted octanol–water partition coefficient (Wildman–Crippen LogP) is 2.09. The minimum absolute atomic E-state index is 0.143. The normalized spacial score (nSPS) is 16.9. The first kappa shape index (κ1) is 15.6. The molecule has 0 fully saturated rings. The average molecular weight is 329 g/mol. The second kappa shape index (κ2) is 7.31. The molecular formula is C13H14Cl2N4O2. The second-order valence-electron chi connectivity index (χ2n) is 4.20. The molecule has 1 atom stereocenters. The van der Waals surface area contributed by atoms with Crippen molar-refractivity contribution < 1.29 is 9.53 Å². The van der Waals surface area contributed by atoms with Gasteiger partial charge in [0.1, 0.15) is 6.61 Å². The first-order chi connectivity index (χ1) is 10.1. The summed E-state index contributed by atoms with van der Waals surface area (Å²) in [5.41, 5.74) is 9.69. The number of benzene rings is 1. The molecule has 0 saturated heterocycles. The van der Waals surface area contributed by atoms with Gasteiger partial charge < -0.3 is 10.2 Å². The number of hydrazone groups is 1. The number of halogens is 2. The Morgan fingerprint density at radius 2 is 2.33 bits per heavy atom. The predicted molar refractivity (Wildman–Crippen MR) is 82.6 cm³/mol. The highest BCUT2D eigenvalue weighted by atomic mass is 35.5. The van der Waals surface area contributed by atoms with Crippen molar-refractivity contribution in [2.24, 2.45) is 5.10 Å².